The molecule has 86 valence electrons. The zero-order valence-corrected chi connectivity index (χ0v) is 11.7. The summed E-state index contributed by atoms with van der Waals surface area (Å²) in [6.07, 6.45) is 0. The number of nitrogens with zero attached hydrogens (tertiary/aromatic N) is 2. The first kappa shape index (κ1) is 14.1. The van der Waals surface area contributed by atoms with Gasteiger partial charge < -0.3 is 14.4 Å². The van der Waals surface area contributed by atoms with E-state index < -0.39 is 9.12 Å². The second-order valence-corrected chi connectivity index (χ2v) is 6.63. The molecule has 0 saturated carbocycles. The van der Waals surface area contributed by atoms with Crippen LogP contribution in [0.1, 0.15) is 20.8 Å². The molecule has 0 bridgehead atoms. The van der Waals surface area contributed by atoms with Crippen LogP contribution in [0.25, 0.3) is 0 Å². The van der Waals surface area contributed by atoms with E-state index in [1.165, 1.54) is 25.7 Å². The van der Waals surface area contributed by atoms with Crippen molar-refractivity contribution in [3.8, 4) is 0 Å². The van der Waals surface area contributed by atoms with E-state index in [1.54, 1.807) is 0 Å². The number of nitrogens with one attached hydrogen (secondary N) is 1. The van der Waals surface area contributed by atoms with Crippen LogP contribution >= 0.6 is 0 Å². The van der Waals surface area contributed by atoms with Crippen molar-refractivity contribution in [2.24, 2.45) is 0 Å². The molecular formula is C10H27N3Si. The van der Waals surface area contributed by atoms with E-state index in [1.807, 2.05) is 0 Å². The summed E-state index contributed by atoms with van der Waals surface area (Å²) in [6.45, 7) is 11.4. The van der Waals surface area contributed by atoms with Crippen LogP contribution in [-0.4, -0.2) is 58.9 Å². The van der Waals surface area contributed by atoms with Gasteiger partial charge >= 0.3 is 0 Å². The van der Waals surface area contributed by atoms with E-state index >= 15 is 0 Å². The van der Waals surface area contributed by atoms with Crippen molar-refractivity contribution in [3.05, 3.63) is 0 Å². The van der Waals surface area contributed by atoms with E-state index in [0.717, 1.165) is 6.54 Å². The van der Waals surface area contributed by atoms with E-state index in [4.69, 9.17) is 0 Å². The Morgan fingerprint density at radius 1 is 1.07 bits per heavy atom. The van der Waals surface area contributed by atoms with Gasteiger partial charge in [-0.05, 0) is 46.3 Å². The Labute approximate surface area is 91.2 Å². The zero-order chi connectivity index (χ0) is 11.0. The molecule has 0 saturated heterocycles. The first-order valence-electron chi connectivity index (χ1n) is 5.77. The molecule has 0 aliphatic carbocycles. The van der Waals surface area contributed by atoms with Crippen molar-refractivity contribution in [3.63, 3.8) is 0 Å². The quantitative estimate of drug-likeness (QED) is 0.605. The summed E-state index contributed by atoms with van der Waals surface area (Å²) in [5.74, 6) is 0. The van der Waals surface area contributed by atoms with Crippen molar-refractivity contribution in [2.75, 3.05) is 40.3 Å². The van der Waals surface area contributed by atoms with Crippen LogP contribution in [-0.2, 0) is 0 Å². The van der Waals surface area contributed by atoms with Gasteiger partial charge in [0.1, 0.15) is 0 Å². The fraction of sp³-hybridized carbons (Fsp3) is 1.00. The van der Waals surface area contributed by atoms with Crippen molar-refractivity contribution in [2.45, 2.75) is 26.8 Å². The number of hydrogen-bond acceptors (Lipinski definition) is 3. The minimum atomic E-state index is -0.863. The van der Waals surface area contributed by atoms with Gasteiger partial charge in [0.15, 0.2) is 9.12 Å². The van der Waals surface area contributed by atoms with Crippen molar-refractivity contribution >= 4 is 9.12 Å². The third-order valence-corrected chi connectivity index (χ3v) is 5.84. The minimum absolute atomic E-state index is 0.863. The van der Waals surface area contributed by atoms with Gasteiger partial charge in [-0.3, -0.25) is 0 Å². The summed E-state index contributed by atoms with van der Waals surface area (Å²) in [5.41, 5.74) is 0. The Balaban J connectivity index is 3.98. The summed E-state index contributed by atoms with van der Waals surface area (Å²) in [7, 11) is 3.44. The van der Waals surface area contributed by atoms with Gasteiger partial charge in [0.2, 0.25) is 0 Å². The van der Waals surface area contributed by atoms with Crippen LogP contribution in [0.15, 0.2) is 0 Å². The van der Waals surface area contributed by atoms with Crippen molar-refractivity contribution in [1.82, 2.24) is 14.4 Å². The second kappa shape index (κ2) is 8.41. The smallest absolute Gasteiger partial charge is 0.188 e. The molecule has 0 aliphatic heterocycles. The molecule has 4 heteroatoms. The zero-order valence-electron chi connectivity index (χ0n) is 10.5. The molecule has 0 aromatic carbocycles. The Bertz CT molecular complexity index is 127. The standard InChI is InChI=1S/C10H27N3Si/c1-6-11-14(10-9-12(4)5)13(7-2)8-3/h11,14H,6-10H2,1-5H3. The predicted molar refractivity (Wildman–Crippen MR) is 67.1 cm³/mol. The summed E-state index contributed by atoms with van der Waals surface area (Å²) in [6, 6.07) is 1.34. The normalized spacial score (nSPS) is 13.9. The van der Waals surface area contributed by atoms with Gasteiger partial charge in [-0.2, -0.15) is 0 Å². The van der Waals surface area contributed by atoms with Crippen LogP contribution in [0, 0.1) is 0 Å². The minimum Gasteiger partial charge on any atom is -0.328 e. The van der Waals surface area contributed by atoms with Gasteiger partial charge in [-0.25, -0.2) is 0 Å². The van der Waals surface area contributed by atoms with Crippen LogP contribution in [0.2, 0.25) is 6.04 Å². The number of rotatable bonds is 8. The molecule has 0 heterocycles. The molecule has 0 radical (unpaired) electrons. The molecule has 0 aromatic heterocycles. The summed E-state index contributed by atoms with van der Waals surface area (Å²) in [5, 5.41) is 0. The molecule has 1 N–H and O–H groups in total. The first-order valence-corrected chi connectivity index (χ1v) is 7.68. The Hall–Kier alpha value is 0.0969. The largest absolute Gasteiger partial charge is 0.328 e. The molecule has 0 rings (SSSR count). The Morgan fingerprint density at radius 3 is 2.00 bits per heavy atom. The van der Waals surface area contributed by atoms with E-state index in [0.29, 0.717) is 0 Å². The van der Waals surface area contributed by atoms with E-state index in [2.05, 4.69) is 49.3 Å². The summed E-state index contributed by atoms with van der Waals surface area (Å²) < 4.78 is 2.62. The topological polar surface area (TPSA) is 18.5 Å². The van der Waals surface area contributed by atoms with E-state index in [9.17, 15) is 0 Å². The molecule has 0 amide bonds. The Kier molecular flexibility index (Phi) is 8.47. The van der Waals surface area contributed by atoms with Gasteiger partial charge in [0.25, 0.3) is 0 Å². The molecule has 0 aliphatic rings. The van der Waals surface area contributed by atoms with E-state index in [-0.39, 0.29) is 0 Å². The molecule has 3 nitrogen and oxygen atoms in total. The molecule has 0 fully saturated rings. The second-order valence-electron chi connectivity index (χ2n) is 3.89. The third-order valence-electron chi connectivity index (χ3n) is 2.54. The lowest BCUT2D eigenvalue weighted by Gasteiger charge is -2.29. The van der Waals surface area contributed by atoms with Gasteiger partial charge in [-0.15, -0.1) is 0 Å². The van der Waals surface area contributed by atoms with Crippen LogP contribution in [0.5, 0.6) is 0 Å². The van der Waals surface area contributed by atoms with Crippen molar-refractivity contribution in [1.29, 1.82) is 0 Å². The fourth-order valence-corrected chi connectivity index (χ4v) is 4.64. The highest BCUT2D eigenvalue weighted by molar-refractivity contribution is 6.53. The average Bonchev–Trinajstić information content (AvgIpc) is 2.15. The van der Waals surface area contributed by atoms with Crippen molar-refractivity contribution < 1.29 is 0 Å². The molecule has 14 heavy (non-hydrogen) atoms. The molecule has 1 unspecified atom stereocenters. The maximum atomic E-state index is 3.68. The van der Waals surface area contributed by atoms with Gasteiger partial charge in [-0.1, -0.05) is 20.8 Å². The highest BCUT2D eigenvalue weighted by Gasteiger charge is 2.16. The lowest BCUT2D eigenvalue weighted by Crippen LogP contribution is -2.51. The van der Waals surface area contributed by atoms with Crippen LogP contribution in [0.4, 0.5) is 0 Å². The summed E-state index contributed by atoms with van der Waals surface area (Å²) in [4.78, 5) is 5.96. The SMILES string of the molecule is CCN[SiH](CCN(C)C)N(CC)CC. The average molecular weight is 217 g/mol. The maximum absolute atomic E-state index is 3.68. The lowest BCUT2D eigenvalue weighted by atomic mass is 10.7. The Morgan fingerprint density at radius 2 is 1.64 bits per heavy atom. The molecule has 0 spiro atoms. The maximum Gasteiger partial charge on any atom is 0.188 e. The van der Waals surface area contributed by atoms with Crippen LogP contribution < -0.4 is 4.98 Å². The van der Waals surface area contributed by atoms with Gasteiger partial charge in [0.05, 0.1) is 0 Å². The highest BCUT2D eigenvalue weighted by Crippen LogP contribution is 1.98. The molecule has 1 atom stereocenters. The fourth-order valence-electron chi connectivity index (χ4n) is 1.69. The summed E-state index contributed by atoms with van der Waals surface area (Å²) >= 11 is 0. The first-order chi connectivity index (χ1) is 6.65. The van der Waals surface area contributed by atoms with Gasteiger partial charge in [0, 0.05) is 0 Å². The number of hydrogen-bond donors (Lipinski definition) is 1. The third kappa shape index (κ3) is 5.75. The van der Waals surface area contributed by atoms with Crippen LogP contribution in [0.3, 0.4) is 0 Å². The highest BCUT2D eigenvalue weighted by atomic mass is 28.3. The molecule has 0 aromatic rings. The lowest BCUT2D eigenvalue weighted by molar-refractivity contribution is 0.413. The molecular weight excluding hydrogens is 190 g/mol. The monoisotopic (exact) mass is 217 g/mol. The predicted octanol–water partition coefficient (Wildman–Crippen LogP) is 0.720.